The van der Waals surface area contributed by atoms with E-state index in [9.17, 15) is 5.11 Å². The largest absolute Gasteiger partial charge is 0.508 e. The molecule has 1 aliphatic rings. The fourth-order valence-electron chi connectivity index (χ4n) is 3.57. The van der Waals surface area contributed by atoms with Crippen molar-refractivity contribution in [1.29, 1.82) is 0 Å². The summed E-state index contributed by atoms with van der Waals surface area (Å²) in [7, 11) is -3.29. The van der Waals surface area contributed by atoms with Crippen molar-refractivity contribution in [3.63, 3.8) is 0 Å². The fourth-order valence-corrected chi connectivity index (χ4v) is 3.57. The second-order valence-corrected chi connectivity index (χ2v) is 8.30. The van der Waals surface area contributed by atoms with E-state index in [0.717, 1.165) is 79.2 Å². The van der Waals surface area contributed by atoms with Crippen LogP contribution in [0.2, 0.25) is 0 Å². The maximum Gasteiger partial charge on any atom is 0.213 e. The zero-order valence-corrected chi connectivity index (χ0v) is 19.5. The van der Waals surface area contributed by atoms with Crippen LogP contribution in [-0.4, -0.2) is 56.5 Å². The second-order valence-electron chi connectivity index (χ2n) is 7.55. The Morgan fingerprint density at radius 1 is 1.03 bits per heavy atom. The minimum Gasteiger partial charge on any atom is -0.508 e. The minimum atomic E-state index is -4.94. The summed E-state index contributed by atoms with van der Waals surface area (Å²) >= 11 is 0. The van der Waals surface area contributed by atoms with Crippen LogP contribution in [0.5, 0.6) is 11.5 Å². The number of phenolic OH excluding ortho intramolecular Hbond substituents is 1. The third kappa shape index (κ3) is 8.26. The molecular formula is C23H27ClN2O8. The number of halogens is 1. The van der Waals surface area contributed by atoms with Crippen LogP contribution in [0.1, 0.15) is 6.42 Å². The number of ether oxygens (including phenoxy) is 2. The summed E-state index contributed by atoms with van der Waals surface area (Å²) in [5.41, 5.74) is 1.70. The molecule has 11 heteroatoms. The van der Waals surface area contributed by atoms with Crippen molar-refractivity contribution in [3.05, 3.63) is 53.9 Å². The summed E-state index contributed by atoms with van der Waals surface area (Å²) in [6, 6.07) is 15.0. The number of fused-ring (bicyclic) bond motifs is 1. The van der Waals surface area contributed by atoms with Gasteiger partial charge in [0.15, 0.2) is 0 Å². The normalized spacial score (nSPS) is 15.1. The molecule has 10 nitrogen and oxygen atoms in total. The minimum absolute atomic E-state index is 0.223. The van der Waals surface area contributed by atoms with Gasteiger partial charge >= 0.3 is 0 Å². The van der Waals surface area contributed by atoms with Gasteiger partial charge in [-0.2, -0.15) is 0 Å². The van der Waals surface area contributed by atoms with E-state index in [0.29, 0.717) is 0 Å². The van der Waals surface area contributed by atoms with Crippen LogP contribution in [0.15, 0.2) is 52.9 Å². The summed E-state index contributed by atoms with van der Waals surface area (Å²) < 4.78 is 50.7. The number of hydrogen-bond acceptors (Lipinski definition) is 9. The van der Waals surface area contributed by atoms with Crippen molar-refractivity contribution in [2.24, 2.45) is 0 Å². The highest BCUT2D eigenvalue weighted by atomic mass is 35.7. The highest BCUT2D eigenvalue weighted by molar-refractivity contribution is 5.79. The third-order valence-electron chi connectivity index (χ3n) is 5.19. The van der Waals surface area contributed by atoms with Crippen molar-refractivity contribution in [2.45, 2.75) is 6.42 Å². The molecule has 1 aromatic heterocycles. The van der Waals surface area contributed by atoms with Gasteiger partial charge in [-0.15, -0.1) is 10.2 Å². The molecule has 1 fully saturated rings. The molecule has 2 N–H and O–H groups in total. The number of methoxy groups -OCH3 is 1. The van der Waals surface area contributed by atoms with E-state index < -0.39 is 10.2 Å². The van der Waals surface area contributed by atoms with Gasteiger partial charge in [0.25, 0.3) is 0 Å². The van der Waals surface area contributed by atoms with Crippen molar-refractivity contribution in [3.8, 4) is 22.8 Å². The van der Waals surface area contributed by atoms with Gasteiger partial charge in [-0.1, -0.05) is 0 Å². The fraction of sp³-hybridized carbons (Fsp3) is 0.348. The second kappa shape index (κ2) is 12.1. The molecule has 0 aliphatic carbocycles. The smallest absolute Gasteiger partial charge is 0.213 e. The Hall–Kier alpha value is -2.70. The van der Waals surface area contributed by atoms with E-state index in [1.54, 1.807) is 25.3 Å². The first-order valence-corrected chi connectivity index (χ1v) is 11.9. The Kier molecular flexibility index (Phi) is 9.25. The number of phenols is 1. The van der Waals surface area contributed by atoms with Crippen LogP contribution in [0.3, 0.4) is 0 Å². The number of morpholine rings is 1. The van der Waals surface area contributed by atoms with Crippen molar-refractivity contribution >= 4 is 11.0 Å². The lowest BCUT2D eigenvalue weighted by Gasteiger charge is -2.25. The van der Waals surface area contributed by atoms with Gasteiger partial charge in [-0.25, -0.2) is 23.6 Å². The summed E-state index contributed by atoms with van der Waals surface area (Å²) in [6.07, 6.45) is 1.03. The maximum atomic E-state index is 9.94. The average molecular weight is 495 g/mol. The van der Waals surface area contributed by atoms with Gasteiger partial charge in [0.1, 0.15) is 29.4 Å². The highest BCUT2D eigenvalue weighted by Gasteiger charge is 2.12. The molecule has 0 unspecified atom stereocenters. The molecule has 0 spiro atoms. The number of rotatable bonds is 6. The van der Waals surface area contributed by atoms with Crippen LogP contribution in [-0.2, 0) is 4.74 Å². The molecule has 34 heavy (non-hydrogen) atoms. The van der Waals surface area contributed by atoms with Crippen molar-refractivity contribution in [1.82, 2.24) is 4.90 Å². The molecule has 0 bridgehead atoms. The van der Waals surface area contributed by atoms with Gasteiger partial charge in [0.2, 0.25) is 5.36 Å². The van der Waals surface area contributed by atoms with E-state index in [1.165, 1.54) is 0 Å². The summed E-state index contributed by atoms with van der Waals surface area (Å²) in [6.45, 7) is 5.53. The molecule has 2 aromatic carbocycles. The zero-order chi connectivity index (χ0) is 24.6. The van der Waals surface area contributed by atoms with Crippen LogP contribution < -0.4 is 33.7 Å². The number of nitrogens with one attached hydrogen (secondary N) is 1. The van der Waals surface area contributed by atoms with Gasteiger partial charge < -0.3 is 19.0 Å². The molecule has 0 amide bonds. The van der Waals surface area contributed by atoms with Gasteiger partial charge in [0, 0.05) is 31.6 Å². The number of hydrogen-bond donors (Lipinski definition) is 2. The zero-order valence-electron chi connectivity index (χ0n) is 18.7. The Bertz CT molecular complexity index is 1120. The lowest BCUT2D eigenvalue weighted by molar-refractivity contribution is -2.00. The van der Waals surface area contributed by atoms with E-state index in [2.05, 4.69) is 9.89 Å². The topological polar surface area (TPSA) is 161 Å². The summed E-state index contributed by atoms with van der Waals surface area (Å²) in [4.78, 5) is 5.96. The van der Waals surface area contributed by atoms with Gasteiger partial charge in [-0.3, -0.25) is 4.90 Å². The average Bonchev–Trinajstić information content (AvgIpc) is 2.81. The molecule has 0 saturated carbocycles. The highest BCUT2D eigenvalue weighted by Crippen LogP contribution is 2.25. The van der Waals surface area contributed by atoms with Crippen LogP contribution in [0.25, 0.3) is 22.3 Å². The van der Waals surface area contributed by atoms with E-state index in [1.807, 2.05) is 30.3 Å². The Labute approximate surface area is 198 Å². The van der Waals surface area contributed by atoms with E-state index in [-0.39, 0.29) is 5.75 Å². The molecule has 184 valence electrons. The molecule has 1 aliphatic heterocycles. The summed E-state index contributed by atoms with van der Waals surface area (Å²) in [5.74, 6) is 1.80. The number of aromatic hydroxyl groups is 1. The molecule has 0 radical (unpaired) electrons. The van der Waals surface area contributed by atoms with Crippen molar-refractivity contribution in [2.75, 3.05) is 46.5 Å². The Morgan fingerprint density at radius 2 is 1.71 bits per heavy atom. The first-order valence-electron chi connectivity index (χ1n) is 10.6. The van der Waals surface area contributed by atoms with E-state index in [4.69, 9.17) is 32.5 Å². The maximum absolute atomic E-state index is 9.94. The molecule has 2 heterocycles. The summed E-state index contributed by atoms with van der Waals surface area (Å²) in [5, 5.41) is 11.8. The standard InChI is InChI=1S/C23H26N2O4.ClHO4/c1-27-19-6-3-17(4-7-19)23-16-21(20-15-18(26)5-8-22(20)29-23)24-9-2-10-25-11-13-28-14-12-25;2-1(3,4)5/h3-8,15-16,26H,2,9-14H2,1H3;(H,2,3,4,5). The molecule has 3 aromatic rings. The predicted molar refractivity (Wildman–Crippen MR) is 111 cm³/mol. The Morgan fingerprint density at radius 3 is 2.35 bits per heavy atom. The first-order chi connectivity index (χ1) is 16.2. The van der Waals surface area contributed by atoms with Crippen molar-refractivity contribution < 1.29 is 52.9 Å². The van der Waals surface area contributed by atoms with Gasteiger partial charge in [0.05, 0.1) is 31.8 Å². The van der Waals surface area contributed by atoms with Crippen LogP contribution in [0, 0.1) is 10.2 Å². The Balaban J connectivity index is 0.000000588. The molecule has 4 rings (SSSR count). The van der Waals surface area contributed by atoms with E-state index >= 15 is 0 Å². The molecule has 1 saturated heterocycles. The van der Waals surface area contributed by atoms with Crippen LogP contribution in [0.4, 0.5) is 0 Å². The number of nitrogens with zero attached hydrogens (tertiary/aromatic N) is 1. The SMILES string of the molecule is COc1ccc(-c2cc(=[NH+]CCCN3CCOCC3)c3cc(O)ccc3o2)cc1.[O-][Cl+3]([O-])([O-])[O-]. The van der Waals surface area contributed by atoms with Gasteiger partial charge in [-0.05, 0) is 42.5 Å². The molecular weight excluding hydrogens is 468 g/mol. The lowest BCUT2D eigenvalue weighted by Crippen LogP contribution is -2.77. The van der Waals surface area contributed by atoms with Crippen LogP contribution >= 0.6 is 0 Å². The number of benzene rings is 2. The predicted octanol–water partition coefficient (Wildman–Crippen LogP) is -3.24. The lowest BCUT2D eigenvalue weighted by atomic mass is 10.1. The first kappa shape index (κ1) is 25.9. The third-order valence-corrected chi connectivity index (χ3v) is 5.19. The monoisotopic (exact) mass is 494 g/mol. The molecule has 0 atom stereocenters. The quantitative estimate of drug-likeness (QED) is 0.335.